The van der Waals surface area contributed by atoms with E-state index in [1.165, 1.54) is 6.07 Å². The van der Waals surface area contributed by atoms with Crippen LogP contribution in [0.5, 0.6) is 0 Å². The van der Waals surface area contributed by atoms with Crippen LogP contribution >= 0.6 is 23.2 Å². The molecule has 0 aliphatic heterocycles. The van der Waals surface area contributed by atoms with Crippen LogP contribution in [0.3, 0.4) is 0 Å². The third-order valence-electron chi connectivity index (χ3n) is 2.17. The normalized spacial score (nSPS) is 12.9. The standard InChI is InChI=1S/C10H12Cl2FN/c1-6(4-5-14)9-7(11)2-3-8(12)10(9)13/h2-3,6H,4-5,14H2,1H3. The molecule has 0 spiro atoms. The van der Waals surface area contributed by atoms with E-state index in [1.807, 2.05) is 6.92 Å². The Labute approximate surface area is 93.0 Å². The number of rotatable bonds is 3. The fourth-order valence-electron chi connectivity index (χ4n) is 1.39. The van der Waals surface area contributed by atoms with E-state index in [1.54, 1.807) is 6.07 Å². The molecule has 0 saturated heterocycles. The van der Waals surface area contributed by atoms with Gasteiger partial charge in [0.1, 0.15) is 5.82 Å². The third kappa shape index (κ3) is 2.38. The highest BCUT2D eigenvalue weighted by atomic mass is 35.5. The SMILES string of the molecule is CC(CCN)c1c(Cl)ccc(Cl)c1F. The first kappa shape index (κ1) is 11.8. The Bertz CT molecular complexity index is 328. The smallest absolute Gasteiger partial charge is 0.146 e. The van der Waals surface area contributed by atoms with Gasteiger partial charge in [-0.3, -0.25) is 0 Å². The highest BCUT2D eigenvalue weighted by Crippen LogP contribution is 2.32. The third-order valence-corrected chi connectivity index (χ3v) is 2.79. The molecule has 0 bridgehead atoms. The molecule has 0 aliphatic carbocycles. The van der Waals surface area contributed by atoms with Gasteiger partial charge < -0.3 is 5.73 Å². The second-order valence-corrected chi connectivity index (χ2v) is 4.05. The van der Waals surface area contributed by atoms with Crippen LogP contribution in [0.1, 0.15) is 24.8 Å². The molecule has 0 saturated carbocycles. The van der Waals surface area contributed by atoms with Gasteiger partial charge in [0, 0.05) is 10.6 Å². The molecule has 0 heterocycles. The van der Waals surface area contributed by atoms with Crippen molar-refractivity contribution in [2.24, 2.45) is 5.73 Å². The van der Waals surface area contributed by atoms with Gasteiger partial charge in [-0.1, -0.05) is 30.1 Å². The molecule has 1 atom stereocenters. The summed E-state index contributed by atoms with van der Waals surface area (Å²) < 4.78 is 13.6. The number of benzene rings is 1. The highest BCUT2D eigenvalue weighted by molar-refractivity contribution is 6.33. The summed E-state index contributed by atoms with van der Waals surface area (Å²) in [5.74, 6) is -0.439. The van der Waals surface area contributed by atoms with Crippen LogP contribution in [0.4, 0.5) is 4.39 Å². The van der Waals surface area contributed by atoms with Crippen LogP contribution in [0.25, 0.3) is 0 Å². The molecule has 0 radical (unpaired) electrons. The zero-order chi connectivity index (χ0) is 10.7. The van der Waals surface area contributed by atoms with Gasteiger partial charge in [0.25, 0.3) is 0 Å². The molecule has 1 rings (SSSR count). The van der Waals surface area contributed by atoms with E-state index in [2.05, 4.69) is 0 Å². The molecular formula is C10H12Cl2FN. The average Bonchev–Trinajstić information content (AvgIpc) is 2.13. The lowest BCUT2D eigenvalue weighted by molar-refractivity contribution is 0.577. The van der Waals surface area contributed by atoms with Gasteiger partial charge in [-0.2, -0.15) is 0 Å². The fourth-order valence-corrected chi connectivity index (χ4v) is 1.89. The second kappa shape index (κ2) is 4.96. The van der Waals surface area contributed by atoms with Gasteiger partial charge in [-0.15, -0.1) is 0 Å². The van der Waals surface area contributed by atoms with Crippen LogP contribution in [0, 0.1) is 5.82 Å². The van der Waals surface area contributed by atoms with E-state index >= 15 is 0 Å². The van der Waals surface area contributed by atoms with E-state index in [0.29, 0.717) is 23.6 Å². The molecule has 2 N–H and O–H groups in total. The monoisotopic (exact) mass is 235 g/mol. The Hall–Kier alpha value is -0.310. The van der Waals surface area contributed by atoms with Crippen LogP contribution < -0.4 is 5.73 Å². The molecule has 14 heavy (non-hydrogen) atoms. The van der Waals surface area contributed by atoms with E-state index < -0.39 is 5.82 Å². The van der Waals surface area contributed by atoms with Crippen LogP contribution in [-0.4, -0.2) is 6.54 Å². The summed E-state index contributed by atoms with van der Waals surface area (Å²) in [7, 11) is 0. The molecule has 4 heteroatoms. The lowest BCUT2D eigenvalue weighted by atomic mass is 9.97. The number of hydrogen-bond acceptors (Lipinski definition) is 1. The fraction of sp³-hybridized carbons (Fsp3) is 0.400. The predicted molar refractivity (Wildman–Crippen MR) is 58.5 cm³/mol. The Morgan fingerprint density at radius 2 is 1.93 bits per heavy atom. The van der Waals surface area contributed by atoms with Crippen molar-refractivity contribution < 1.29 is 4.39 Å². The Kier molecular flexibility index (Phi) is 4.17. The van der Waals surface area contributed by atoms with E-state index in [0.717, 1.165) is 0 Å². The molecular weight excluding hydrogens is 224 g/mol. The maximum absolute atomic E-state index is 13.6. The molecule has 0 aliphatic rings. The first-order chi connectivity index (χ1) is 6.57. The molecule has 78 valence electrons. The quantitative estimate of drug-likeness (QED) is 0.797. The van der Waals surface area contributed by atoms with E-state index in [9.17, 15) is 4.39 Å². The maximum atomic E-state index is 13.6. The predicted octanol–water partition coefficient (Wildman–Crippen LogP) is 3.58. The maximum Gasteiger partial charge on any atom is 0.146 e. The Morgan fingerprint density at radius 3 is 2.50 bits per heavy atom. The minimum Gasteiger partial charge on any atom is -0.330 e. The van der Waals surface area contributed by atoms with Gasteiger partial charge in [-0.25, -0.2) is 4.39 Å². The Morgan fingerprint density at radius 1 is 1.36 bits per heavy atom. The van der Waals surface area contributed by atoms with Crippen molar-refractivity contribution in [1.29, 1.82) is 0 Å². The van der Waals surface area contributed by atoms with E-state index in [-0.39, 0.29) is 10.9 Å². The minimum atomic E-state index is -0.430. The average molecular weight is 236 g/mol. The molecule has 0 amide bonds. The van der Waals surface area contributed by atoms with Crippen molar-refractivity contribution in [2.75, 3.05) is 6.54 Å². The molecule has 1 aromatic carbocycles. The summed E-state index contributed by atoms with van der Waals surface area (Å²) in [6.45, 7) is 2.39. The first-order valence-corrected chi connectivity index (χ1v) is 5.17. The summed E-state index contributed by atoms with van der Waals surface area (Å²) >= 11 is 11.6. The minimum absolute atomic E-state index is 0.00815. The first-order valence-electron chi connectivity index (χ1n) is 4.41. The van der Waals surface area contributed by atoms with Crippen LogP contribution in [-0.2, 0) is 0 Å². The summed E-state index contributed by atoms with van der Waals surface area (Å²) in [5.41, 5.74) is 5.87. The summed E-state index contributed by atoms with van der Waals surface area (Å²) in [5, 5.41) is 0.515. The van der Waals surface area contributed by atoms with Gasteiger partial charge in [-0.05, 0) is 31.0 Å². The summed E-state index contributed by atoms with van der Waals surface area (Å²) in [4.78, 5) is 0. The largest absolute Gasteiger partial charge is 0.330 e. The zero-order valence-electron chi connectivity index (χ0n) is 7.86. The van der Waals surface area contributed by atoms with Gasteiger partial charge in [0.05, 0.1) is 5.02 Å². The number of nitrogens with two attached hydrogens (primary N) is 1. The van der Waals surface area contributed by atoms with Crippen LogP contribution in [0.2, 0.25) is 10.0 Å². The van der Waals surface area contributed by atoms with Crippen LogP contribution in [0.15, 0.2) is 12.1 Å². The lowest BCUT2D eigenvalue weighted by Crippen LogP contribution is -2.07. The Balaban J connectivity index is 3.11. The topological polar surface area (TPSA) is 26.0 Å². The van der Waals surface area contributed by atoms with Gasteiger partial charge in [0.2, 0.25) is 0 Å². The molecule has 1 unspecified atom stereocenters. The molecule has 0 aromatic heterocycles. The lowest BCUT2D eigenvalue weighted by Gasteiger charge is -2.14. The summed E-state index contributed by atoms with van der Waals surface area (Å²) in [6, 6.07) is 3.06. The van der Waals surface area contributed by atoms with Gasteiger partial charge >= 0.3 is 0 Å². The van der Waals surface area contributed by atoms with Crippen molar-refractivity contribution in [2.45, 2.75) is 19.3 Å². The second-order valence-electron chi connectivity index (χ2n) is 3.24. The number of halogens is 3. The van der Waals surface area contributed by atoms with Crippen molar-refractivity contribution in [1.82, 2.24) is 0 Å². The molecule has 0 fully saturated rings. The highest BCUT2D eigenvalue weighted by Gasteiger charge is 2.16. The molecule has 1 nitrogen and oxygen atoms in total. The van der Waals surface area contributed by atoms with Crippen molar-refractivity contribution >= 4 is 23.2 Å². The van der Waals surface area contributed by atoms with Gasteiger partial charge in [0.15, 0.2) is 0 Å². The van der Waals surface area contributed by atoms with Crippen molar-refractivity contribution in [3.05, 3.63) is 33.6 Å². The summed E-state index contributed by atoms with van der Waals surface area (Å²) in [6.07, 6.45) is 0.691. The van der Waals surface area contributed by atoms with Crippen molar-refractivity contribution in [3.63, 3.8) is 0 Å². The molecule has 1 aromatic rings. The zero-order valence-corrected chi connectivity index (χ0v) is 9.37. The van der Waals surface area contributed by atoms with Crippen molar-refractivity contribution in [3.8, 4) is 0 Å². The van der Waals surface area contributed by atoms with E-state index in [4.69, 9.17) is 28.9 Å². The number of hydrogen-bond donors (Lipinski definition) is 1.